The van der Waals surface area contributed by atoms with Crippen molar-refractivity contribution in [3.8, 4) is 0 Å². The van der Waals surface area contributed by atoms with E-state index in [1.807, 2.05) is 0 Å². The lowest BCUT2D eigenvalue weighted by atomic mass is 9.86. The van der Waals surface area contributed by atoms with Crippen LogP contribution in [0.2, 0.25) is 0 Å². The molecule has 0 spiro atoms. The van der Waals surface area contributed by atoms with Crippen molar-refractivity contribution in [3.63, 3.8) is 0 Å². The topological polar surface area (TPSA) is 32.3 Å². The largest absolute Gasteiger partial charge is 0.352 e. The number of carbonyl (C=O) groups is 1. The fourth-order valence-electron chi connectivity index (χ4n) is 4.27. The van der Waals surface area contributed by atoms with Crippen LogP contribution >= 0.6 is 0 Å². The smallest absolute Gasteiger partial charge is 0.220 e. The zero-order chi connectivity index (χ0) is 15.5. The number of benzene rings is 1. The molecule has 0 heterocycles. The Morgan fingerprint density at radius 1 is 1.14 bits per heavy atom. The summed E-state index contributed by atoms with van der Waals surface area (Å²) in [6, 6.07) is 8.54. The molecule has 120 valence electrons. The Hall–Kier alpha value is -1.35. The van der Waals surface area contributed by atoms with Gasteiger partial charge in [0, 0.05) is 19.5 Å². The molecule has 1 amide bonds. The molecule has 22 heavy (non-hydrogen) atoms. The van der Waals surface area contributed by atoms with Crippen LogP contribution in [0.4, 0.5) is 0 Å². The molecular formula is C19H28N2O. The van der Waals surface area contributed by atoms with Crippen molar-refractivity contribution in [3.05, 3.63) is 35.4 Å². The average Bonchev–Trinajstić information content (AvgIpc) is 3.08. The average molecular weight is 300 g/mol. The Labute approximate surface area is 134 Å². The highest BCUT2D eigenvalue weighted by Crippen LogP contribution is 2.49. The second-order valence-corrected chi connectivity index (χ2v) is 7.47. The number of rotatable bonds is 6. The molecule has 0 aromatic heterocycles. The number of carbonyl (C=O) groups excluding carboxylic acids is 1. The summed E-state index contributed by atoms with van der Waals surface area (Å²) in [5.41, 5.74) is 2.49. The molecule has 2 fully saturated rings. The van der Waals surface area contributed by atoms with Crippen molar-refractivity contribution < 1.29 is 4.79 Å². The van der Waals surface area contributed by atoms with E-state index in [1.54, 1.807) is 0 Å². The van der Waals surface area contributed by atoms with E-state index in [4.69, 9.17) is 0 Å². The van der Waals surface area contributed by atoms with Crippen LogP contribution in [0.1, 0.15) is 43.2 Å². The van der Waals surface area contributed by atoms with E-state index in [2.05, 4.69) is 48.6 Å². The summed E-state index contributed by atoms with van der Waals surface area (Å²) in [5.74, 6) is 2.64. The van der Waals surface area contributed by atoms with Crippen molar-refractivity contribution in [2.75, 3.05) is 14.1 Å². The van der Waals surface area contributed by atoms with E-state index >= 15 is 0 Å². The molecule has 2 aliphatic rings. The van der Waals surface area contributed by atoms with Crippen LogP contribution in [0.15, 0.2) is 24.3 Å². The first-order valence-electron chi connectivity index (χ1n) is 8.59. The van der Waals surface area contributed by atoms with Crippen LogP contribution < -0.4 is 5.32 Å². The van der Waals surface area contributed by atoms with Gasteiger partial charge in [-0.05, 0) is 62.2 Å². The molecule has 2 aliphatic carbocycles. The third-order valence-electron chi connectivity index (χ3n) is 5.34. The van der Waals surface area contributed by atoms with Crippen LogP contribution in [0.25, 0.3) is 0 Å². The van der Waals surface area contributed by atoms with Gasteiger partial charge in [0.2, 0.25) is 5.91 Å². The SMILES string of the molecule is CN(C)Cc1ccc(CNC(=O)C[C@@H]2C[C@@H]3CC[C@@H]2C3)cc1. The molecule has 3 nitrogen and oxygen atoms in total. The van der Waals surface area contributed by atoms with Crippen LogP contribution in [0, 0.1) is 17.8 Å². The third-order valence-corrected chi connectivity index (χ3v) is 5.34. The lowest BCUT2D eigenvalue weighted by Gasteiger charge is -2.20. The predicted molar refractivity (Wildman–Crippen MR) is 89.2 cm³/mol. The number of nitrogens with zero attached hydrogens (tertiary/aromatic N) is 1. The number of hydrogen-bond acceptors (Lipinski definition) is 2. The van der Waals surface area contributed by atoms with Crippen LogP contribution in [0.5, 0.6) is 0 Å². The highest BCUT2D eigenvalue weighted by molar-refractivity contribution is 5.76. The van der Waals surface area contributed by atoms with E-state index in [0.717, 1.165) is 24.8 Å². The minimum absolute atomic E-state index is 0.231. The van der Waals surface area contributed by atoms with Crippen LogP contribution in [0.3, 0.4) is 0 Å². The van der Waals surface area contributed by atoms with Gasteiger partial charge < -0.3 is 10.2 Å². The second kappa shape index (κ2) is 6.82. The number of fused-ring (bicyclic) bond motifs is 2. The maximum atomic E-state index is 12.1. The van der Waals surface area contributed by atoms with Gasteiger partial charge in [-0.2, -0.15) is 0 Å². The van der Waals surface area contributed by atoms with Gasteiger partial charge in [-0.25, -0.2) is 0 Å². The van der Waals surface area contributed by atoms with E-state index in [-0.39, 0.29) is 5.91 Å². The molecule has 3 rings (SSSR count). The van der Waals surface area contributed by atoms with Crippen LogP contribution in [-0.4, -0.2) is 24.9 Å². The number of amides is 1. The molecule has 1 N–H and O–H groups in total. The van der Waals surface area contributed by atoms with Gasteiger partial charge >= 0.3 is 0 Å². The Morgan fingerprint density at radius 3 is 2.45 bits per heavy atom. The first-order valence-corrected chi connectivity index (χ1v) is 8.59. The maximum absolute atomic E-state index is 12.1. The standard InChI is InChI=1S/C19H28N2O/c1-21(2)13-15-5-3-14(4-6-15)12-20-19(22)11-18-10-16-7-8-17(18)9-16/h3-6,16-18H,7-13H2,1-2H3,(H,20,22)/t16-,17-,18+/m1/s1. The first-order chi connectivity index (χ1) is 10.6. The summed E-state index contributed by atoms with van der Waals surface area (Å²) in [6.07, 6.45) is 6.17. The first kappa shape index (κ1) is 15.5. The minimum atomic E-state index is 0.231. The summed E-state index contributed by atoms with van der Waals surface area (Å²) in [5, 5.41) is 3.10. The zero-order valence-electron chi connectivity index (χ0n) is 13.8. The van der Waals surface area contributed by atoms with Crippen molar-refractivity contribution in [2.45, 2.75) is 45.2 Å². The Morgan fingerprint density at radius 2 is 1.86 bits per heavy atom. The van der Waals surface area contributed by atoms with E-state index in [9.17, 15) is 4.79 Å². The molecule has 2 saturated carbocycles. The molecule has 1 aromatic rings. The van der Waals surface area contributed by atoms with Crippen molar-refractivity contribution >= 4 is 5.91 Å². The van der Waals surface area contributed by atoms with Gasteiger partial charge in [-0.15, -0.1) is 0 Å². The molecule has 0 unspecified atom stereocenters. The Kier molecular flexibility index (Phi) is 4.82. The van der Waals surface area contributed by atoms with E-state index in [1.165, 1.54) is 36.8 Å². The van der Waals surface area contributed by atoms with Crippen LogP contribution in [-0.2, 0) is 17.9 Å². The third kappa shape index (κ3) is 3.89. The molecule has 0 radical (unpaired) electrons. The quantitative estimate of drug-likeness (QED) is 0.875. The Balaban J connectivity index is 1.43. The van der Waals surface area contributed by atoms with Gasteiger partial charge in [0.05, 0.1) is 0 Å². The van der Waals surface area contributed by atoms with Crippen molar-refractivity contribution in [1.82, 2.24) is 10.2 Å². The monoisotopic (exact) mass is 300 g/mol. The molecular weight excluding hydrogens is 272 g/mol. The zero-order valence-corrected chi connectivity index (χ0v) is 13.8. The summed E-state index contributed by atoms with van der Waals surface area (Å²) < 4.78 is 0. The van der Waals surface area contributed by atoms with Gasteiger partial charge in [0.1, 0.15) is 0 Å². The fraction of sp³-hybridized carbons (Fsp3) is 0.632. The summed E-state index contributed by atoms with van der Waals surface area (Å²) >= 11 is 0. The number of hydrogen-bond donors (Lipinski definition) is 1. The molecule has 0 aliphatic heterocycles. The normalized spacial score (nSPS) is 26.6. The number of nitrogens with one attached hydrogen (secondary N) is 1. The second-order valence-electron chi connectivity index (χ2n) is 7.47. The van der Waals surface area contributed by atoms with E-state index < -0.39 is 0 Å². The van der Waals surface area contributed by atoms with Crippen molar-refractivity contribution in [2.24, 2.45) is 17.8 Å². The van der Waals surface area contributed by atoms with Gasteiger partial charge in [0.15, 0.2) is 0 Å². The molecule has 0 saturated heterocycles. The molecule has 2 bridgehead atoms. The van der Waals surface area contributed by atoms with Gasteiger partial charge in [0.25, 0.3) is 0 Å². The lowest BCUT2D eigenvalue weighted by molar-refractivity contribution is -0.122. The van der Waals surface area contributed by atoms with Gasteiger partial charge in [-0.1, -0.05) is 30.7 Å². The molecule has 3 atom stereocenters. The van der Waals surface area contributed by atoms with E-state index in [0.29, 0.717) is 12.5 Å². The Bertz CT molecular complexity index is 509. The summed E-state index contributed by atoms with van der Waals surface area (Å²) in [4.78, 5) is 14.3. The molecule has 3 heteroatoms. The predicted octanol–water partition coefficient (Wildman–Crippen LogP) is 3.19. The maximum Gasteiger partial charge on any atom is 0.220 e. The minimum Gasteiger partial charge on any atom is -0.352 e. The highest BCUT2D eigenvalue weighted by Gasteiger charge is 2.39. The summed E-state index contributed by atoms with van der Waals surface area (Å²) in [7, 11) is 4.15. The van der Waals surface area contributed by atoms with Gasteiger partial charge in [-0.3, -0.25) is 4.79 Å². The fourth-order valence-corrected chi connectivity index (χ4v) is 4.27. The van der Waals surface area contributed by atoms with Crippen molar-refractivity contribution in [1.29, 1.82) is 0 Å². The molecule has 1 aromatic carbocycles. The highest BCUT2D eigenvalue weighted by atomic mass is 16.1. The lowest BCUT2D eigenvalue weighted by Crippen LogP contribution is -2.26. The summed E-state index contributed by atoms with van der Waals surface area (Å²) in [6.45, 7) is 1.61.